The van der Waals surface area contributed by atoms with Gasteiger partial charge in [0.05, 0.1) is 5.52 Å². The van der Waals surface area contributed by atoms with Gasteiger partial charge in [-0.2, -0.15) is 0 Å². The van der Waals surface area contributed by atoms with Crippen LogP contribution in [0.3, 0.4) is 0 Å². The number of hydrogen-bond donors (Lipinski definition) is 0. The van der Waals surface area contributed by atoms with Crippen molar-refractivity contribution >= 4 is 38.9 Å². The van der Waals surface area contributed by atoms with Crippen LogP contribution in [0.15, 0.2) is 53.0 Å². The minimum atomic E-state index is 0.380. The fraction of sp³-hybridized carbons (Fsp3) is 0.273. The molecule has 0 aliphatic carbocycles. The monoisotopic (exact) mass is 408 g/mol. The summed E-state index contributed by atoms with van der Waals surface area (Å²) in [7, 11) is 0. The maximum atomic E-state index is 11.5. The largest absolute Gasteiger partial charge is 0.356 e. The van der Waals surface area contributed by atoms with Crippen molar-refractivity contribution in [2.45, 2.75) is 25.7 Å². The molecule has 1 fully saturated rings. The number of hydrogen-bond acceptors (Lipinski definition) is 3. The summed E-state index contributed by atoms with van der Waals surface area (Å²) in [6.07, 6.45) is 5.01. The van der Waals surface area contributed by atoms with E-state index in [1.165, 1.54) is 19.3 Å². The van der Waals surface area contributed by atoms with Gasteiger partial charge in [0.15, 0.2) is 0 Å². The Labute approximate surface area is 162 Å². The van der Waals surface area contributed by atoms with Crippen LogP contribution >= 0.6 is 15.9 Å². The highest BCUT2D eigenvalue weighted by atomic mass is 79.9. The Bertz CT molecular complexity index is 934. The Morgan fingerprint density at radius 3 is 2.54 bits per heavy atom. The first kappa shape index (κ1) is 17.2. The number of aromatic nitrogens is 1. The second kappa shape index (κ2) is 7.58. The van der Waals surface area contributed by atoms with Crippen LogP contribution in [0.2, 0.25) is 0 Å². The number of fused-ring (bicyclic) bond motifs is 1. The predicted molar refractivity (Wildman–Crippen MR) is 111 cm³/mol. The number of rotatable bonds is 4. The molecular weight excluding hydrogens is 388 g/mol. The number of pyridine rings is 1. The van der Waals surface area contributed by atoms with E-state index in [-0.39, 0.29) is 0 Å². The van der Waals surface area contributed by atoms with Crippen molar-refractivity contribution < 1.29 is 4.79 Å². The number of piperidine rings is 1. The van der Waals surface area contributed by atoms with Crippen LogP contribution in [0.25, 0.3) is 22.0 Å². The Kier molecular flexibility index (Phi) is 5.02. The van der Waals surface area contributed by atoms with Gasteiger partial charge in [0.2, 0.25) is 0 Å². The average molecular weight is 409 g/mol. The molecule has 1 aliphatic heterocycles. The van der Waals surface area contributed by atoms with E-state index in [4.69, 9.17) is 4.98 Å². The molecule has 3 aromatic rings. The molecule has 0 bridgehead atoms. The second-order valence-corrected chi connectivity index (χ2v) is 7.65. The maximum absolute atomic E-state index is 11.5. The van der Waals surface area contributed by atoms with Gasteiger partial charge in [0, 0.05) is 34.9 Å². The highest BCUT2D eigenvalue weighted by Gasteiger charge is 2.22. The van der Waals surface area contributed by atoms with Gasteiger partial charge in [0.25, 0.3) is 0 Å². The molecule has 0 atom stereocenters. The van der Waals surface area contributed by atoms with E-state index in [0.717, 1.165) is 57.3 Å². The summed E-state index contributed by atoms with van der Waals surface area (Å²) < 4.78 is 1.02. The summed E-state index contributed by atoms with van der Waals surface area (Å²) in [6.45, 7) is 2.02. The molecule has 4 heteroatoms. The Morgan fingerprint density at radius 1 is 1.04 bits per heavy atom. The molecule has 0 amide bonds. The standard InChI is InChI=1S/C22H21BrN2O/c23-17-9-10-20-19(15-17)21(16-7-3-1-4-8-16)18(11-14-26)22(24-20)25-12-5-2-6-13-25/h1,3-4,7-10,14-15H,2,5-6,11-13H2. The van der Waals surface area contributed by atoms with E-state index in [0.29, 0.717) is 6.42 Å². The Morgan fingerprint density at radius 2 is 1.81 bits per heavy atom. The molecule has 132 valence electrons. The summed E-state index contributed by atoms with van der Waals surface area (Å²) in [5.41, 5.74) is 4.28. The van der Waals surface area contributed by atoms with Gasteiger partial charge >= 0.3 is 0 Å². The lowest BCUT2D eigenvalue weighted by Gasteiger charge is -2.30. The number of anilines is 1. The van der Waals surface area contributed by atoms with Crippen LogP contribution in [0.1, 0.15) is 24.8 Å². The molecule has 0 spiro atoms. The van der Waals surface area contributed by atoms with Crippen LogP contribution < -0.4 is 4.90 Å². The number of carbonyl (C=O) groups is 1. The van der Waals surface area contributed by atoms with Crippen LogP contribution in [0, 0.1) is 0 Å². The van der Waals surface area contributed by atoms with Crippen molar-refractivity contribution in [1.29, 1.82) is 0 Å². The average Bonchev–Trinajstić information content (AvgIpc) is 2.69. The smallest absolute Gasteiger partial charge is 0.133 e. The lowest BCUT2D eigenvalue weighted by Crippen LogP contribution is -2.31. The molecule has 2 heterocycles. The zero-order chi connectivity index (χ0) is 17.9. The third-order valence-corrected chi connectivity index (χ3v) is 5.52. The molecular formula is C22H21BrN2O. The highest BCUT2D eigenvalue weighted by molar-refractivity contribution is 9.10. The minimum Gasteiger partial charge on any atom is -0.356 e. The summed E-state index contributed by atoms with van der Waals surface area (Å²) in [5.74, 6) is 0.977. The molecule has 0 N–H and O–H groups in total. The van der Waals surface area contributed by atoms with Gasteiger partial charge in [0.1, 0.15) is 12.1 Å². The maximum Gasteiger partial charge on any atom is 0.133 e. The van der Waals surface area contributed by atoms with Gasteiger partial charge in [-0.25, -0.2) is 4.98 Å². The first-order chi connectivity index (χ1) is 12.8. The number of halogens is 1. The van der Waals surface area contributed by atoms with Crippen LogP contribution in [0.4, 0.5) is 5.82 Å². The van der Waals surface area contributed by atoms with Gasteiger partial charge in [-0.3, -0.25) is 0 Å². The summed E-state index contributed by atoms with van der Waals surface area (Å²) in [6, 6.07) is 16.5. The molecule has 1 saturated heterocycles. The SMILES string of the molecule is O=CCc1c(N2CCCCC2)nc2ccc(Br)cc2c1-c1ccccc1. The first-order valence-electron chi connectivity index (χ1n) is 9.14. The zero-order valence-electron chi connectivity index (χ0n) is 14.6. The van der Waals surface area contributed by atoms with E-state index < -0.39 is 0 Å². The van der Waals surface area contributed by atoms with Crippen LogP contribution in [-0.4, -0.2) is 24.4 Å². The molecule has 3 nitrogen and oxygen atoms in total. The lowest BCUT2D eigenvalue weighted by molar-refractivity contribution is -0.107. The summed E-state index contributed by atoms with van der Waals surface area (Å²) in [5, 5.41) is 1.09. The number of aldehydes is 1. The topological polar surface area (TPSA) is 33.2 Å². The van der Waals surface area contributed by atoms with Gasteiger partial charge in [-0.15, -0.1) is 0 Å². The fourth-order valence-electron chi connectivity index (χ4n) is 3.84. The molecule has 2 aromatic carbocycles. The highest BCUT2D eigenvalue weighted by Crippen LogP contribution is 2.38. The number of nitrogens with zero attached hydrogens (tertiary/aromatic N) is 2. The zero-order valence-corrected chi connectivity index (χ0v) is 16.2. The second-order valence-electron chi connectivity index (χ2n) is 6.73. The molecule has 0 unspecified atom stereocenters. The minimum absolute atomic E-state index is 0.380. The van der Waals surface area contributed by atoms with Crippen molar-refractivity contribution in [2.75, 3.05) is 18.0 Å². The van der Waals surface area contributed by atoms with E-state index in [1.54, 1.807) is 0 Å². The van der Waals surface area contributed by atoms with E-state index in [2.05, 4.69) is 45.1 Å². The van der Waals surface area contributed by atoms with Crippen molar-refractivity contribution in [3.63, 3.8) is 0 Å². The quantitative estimate of drug-likeness (QED) is 0.542. The third kappa shape index (κ3) is 3.26. The van der Waals surface area contributed by atoms with Gasteiger partial charge < -0.3 is 9.69 Å². The van der Waals surface area contributed by atoms with Crippen molar-refractivity contribution in [3.8, 4) is 11.1 Å². The number of carbonyl (C=O) groups excluding carboxylic acids is 1. The fourth-order valence-corrected chi connectivity index (χ4v) is 4.20. The summed E-state index contributed by atoms with van der Waals surface area (Å²) in [4.78, 5) is 18.9. The van der Waals surface area contributed by atoms with E-state index in [1.807, 2.05) is 24.3 Å². The Hall–Kier alpha value is -2.20. The third-order valence-electron chi connectivity index (χ3n) is 5.03. The Balaban J connectivity index is 2.04. The van der Waals surface area contributed by atoms with Crippen LogP contribution in [-0.2, 0) is 11.2 Å². The van der Waals surface area contributed by atoms with Gasteiger partial charge in [-0.1, -0.05) is 46.3 Å². The van der Waals surface area contributed by atoms with Crippen molar-refractivity contribution in [2.24, 2.45) is 0 Å². The molecule has 26 heavy (non-hydrogen) atoms. The van der Waals surface area contributed by atoms with E-state index in [9.17, 15) is 4.79 Å². The van der Waals surface area contributed by atoms with Crippen LogP contribution in [0.5, 0.6) is 0 Å². The predicted octanol–water partition coefficient (Wildman–Crippen LogP) is 5.40. The molecule has 1 aliphatic rings. The molecule has 0 saturated carbocycles. The normalized spacial score (nSPS) is 14.6. The summed E-state index contributed by atoms with van der Waals surface area (Å²) >= 11 is 3.59. The number of benzene rings is 2. The van der Waals surface area contributed by atoms with Gasteiger partial charge in [-0.05, 0) is 48.6 Å². The molecule has 4 rings (SSSR count). The molecule has 0 radical (unpaired) electrons. The van der Waals surface area contributed by atoms with Crippen molar-refractivity contribution in [1.82, 2.24) is 4.98 Å². The lowest BCUT2D eigenvalue weighted by atomic mass is 9.93. The van der Waals surface area contributed by atoms with E-state index >= 15 is 0 Å². The molecule has 1 aromatic heterocycles. The first-order valence-corrected chi connectivity index (χ1v) is 9.93. The van der Waals surface area contributed by atoms with Crippen molar-refractivity contribution in [3.05, 3.63) is 58.6 Å².